The van der Waals surface area contributed by atoms with Crippen molar-refractivity contribution in [1.82, 2.24) is 10.2 Å². The molecule has 0 unspecified atom stereocenters. The predicted molar refractivity (Wildman–Crippen MR) is 80.1 cm³/mol. The van der Waals surface area contributed by atoms with Crippen molar-refractivity contribution in [3.05, 3.63) is 0 Å². The first-order valence-corrected chi connectivity index (χ1v) is 8.49. The van der Waals surface area contributed by atoms with E-state index < -0.39 is 0 Å². The van der Waals surface area contributed by atoms with E-state index in [9.17, 15) is 4.79 Å². The van der Waals surface area contributed by atoms with Crippen molar-refractivity contribution in [3.63, 3.8) is 0 Å². The van der Waals surface area contributed by atoms with Gasteiger partial charge in [-0.15, -0.1) is 0 Å². The maximum atomic E-state index is 12.1. The Morgan fingerprint density at radius 3 is 3.00 bits per heavy atom. The van der Waals surface area contributed by atoms with Gasteiger partial charge in [-0.1, -0.05) is 0 Å². The number of fused-ring (bicyclic) bond motifs is 1. The fraction of sp³-hybridized carbons (Fsp3) is 0.938. The summed E-state index contributed by atoms with van der Waals surface area (Å²) in [5, 5.41) is 3.05. The molecule has 120 valence electrons. The van der Waals surface area contributed by atoms with Crippen LogP contribution in [0.1, 0.15) is 32.6 Å². The number of ether oxygens (including phenoxy) is 2. The van der Waals surface area contributed by atoms with Crippen molar-refractivity contribution in [3.8, 4) is 0 Å². The number of carbonyl (C=O) groups excluding carboxylic acids is 1. The largest absolute Gasteiger partial charge is 0.380 e. The second-order valence-corrected chi connectivity index (χ2v) is 6.63. The Morgan fingerprint density at radius 2 is 2.24 bits per heavy atom. The number of nitrogens with zero attached hydrogens (tertiary/aromatic N) is 1. The Labute approximate surface area is 127 Å². The monoisotopic (exact) mass is 296 g/mol. The molecule has 2 saturated heterocycles. The summed E-state index contributed by atoms with van der Waals surface area (Å²) in [5.41, 5.74) is 0. The van der Waals surface area contributed by atoms with E-state index in [-0.39, 0.29) is 18.1 Å². The number of nitrogens with one attached hydrogen (secondary N) is 1. The zero-order valence-electron chi connectivity index (χ0n) is 13.1. The van der Waals surface area contributed by atoms with Crippen LogP contribution in [0.25, 0.3) is 0 Å². The Balaban J connectivity index is 1.41. The van der Waals surface area contributed by atoms with Gasteiger partial charge in [0.1, 0.15) is 6.10 Å². The third-order valence-electron chi connectivity index (χ3n) is 4.95. The fourth-order valence-corrected chi connectivity index (χ4v) is 3.39. The molecule has 5 heteroatoms. The van der Waals surface area contributed by atoms with Gasteiger partial charge in [-0.3, -0.25) is 9.69 Å². The van der Waals surface area contributed by atoms with Gasteiger partial charge in [0.15, 0.2) is 0 Å². The highest BCUT2D eigenvalue weighted by Crippen LogP contribution is 2.33. The minimum absolute atomic E-state index is 0.108. The van der Waals surface area contributed by atoms with Crippen molar-refractivity contribution in [2.75, 3.05) is 39.4 Å². The number of piperidine rings is 1. The fourth-order valence-electron chi connectivity index (χ4n) is 3.39. The minimum Gasteiger partial charge on any atom is -0.380 e. The second kappa shape index (κ2) is 7.07. The van der Waals surface area contributed by atoms with Gasteiger partial charge < -0.3 is 14.8 Å². The van der Waals surface area contributed by atoms with Gasteiger partial charge in [0.2, 0.25) is 5.91 Å². The third-order valence-corrected chi connectivity index (χ3v) is 4.95. The van der Waals surface area contributed by atoms with E-state index in [0.29, 0.717) is 5.92 Å². The number of rotatable bonds is 7. The zero-order chi connectivity index (χ0) is 14.7. The van der Waals surface area contributed by atoms with E-state index in [1.165, 1.54) is 12.8 Å². The van der Waals surface area contributed by atoms with Crippen LogP contribution in [-0.2, 0) is 14.3 Å². The van der Waals surface area contributed by atoms with Gasteiger partial charge in [0, 0.05) is 26.2 Å². The molecule has 1 amide bonds. The molecule has 0 aromatic heterocycles. The van der Waals surface area contributed by atoms with Crippen LogP contribution in [0, 0.1) is 11.8 Å². The average molecular weight is 296 g/mol. The van der Waals surface area contributed by atoms with Crippen LogP contribution >= 0.6 is 0 Å². The van der Waals surface area contributed by atoms with Crippen LogP contribution in [0.3, 0.4) is 0 Å². The van der Waals surface area contributed by atoms with Crippen molar-refractivity contribution < 1.29 is 14.3 Å². The molecule has 1 N–H and O–H groups in total. The van der Waals surface area contributed by atoms with Gasteiger partial charge >= 0.3 is 0 Å². The summed E-state index contributed by atoms with van der Waals surface area (Å²) in [6, 6.07) is 0. The quantitative estimate of drug-likeness (QED) is 0.713. The van der Waals surface area contributed by atoms with E-state index >= 15 is 0 Å². The normalized spacial score (nSPS) is 32.9. The van der Waals surface area contributed by atoms with E-state index in [2.05, 4.69) is 10.2 Å². The molecule has 0 aromatic rings. The molecule has 1 aliphatic carbocycles. The van der Waals surface area contributed by atoms with E-state index in [4.69, 9.17) is 9.47 Å². The topological polar surface area (TPSA) is 50.8 Å². The van der Waals surface area contributed by atoms with Crippen molar-refractivity contribution in [2.24, 2.45) is 11.8 Å². The molecule has 3 rings (SSSR count). The average Bonchev–Trinajstić information content (AvgIpc) is 3.22. The van der Waals surface area contributed by atoms with E-state index in [1.807, 2.05) is 6.92 Å². The van der Waals surface area contributed by atoms with Gasteiger partial charge in [-0.25, -0.2) is 0 Å². The number of hydrogen-bond donors (Lipinski definition) is 1. The number of amides is 1. The number of carbonyl (C=O) groups is 1. The molecule has 2 aliphatic heterocycles. The van der Waals surface area contributed by atoms with Gasteiger partial charge in [-0.2, -0.15) is 0 Å². The van der Waals surface area contributed by atoms with Crippen LogP contribution in [0.2, 0.25) is 0 Å². The number of likely N-dealkylation sites (tertiary alicyclic amines) is 1. The lowest BCUT2D eigenvalue weighted by Crippen LogP contribution is -2.43. The summed E-state index contributed by atoms with van der Waals surface area (Å²) in [7, 11) is 0. The Hall–Kier alpha value is -0.650. The maximum absolute atomic E-state index is 12.1. The highest BCUT2D eigenvalue weighted by Gasteiger charge is 2.41. The number of hydrogen-bond acceptors (Lipinski definition) is 4. The van der Waals surface area contributed by atoms with E-state index in [0.717, 1.165) is 58.2 Å². The SMILES string of the molecule is CCOCCN1CC[C@@H]2C[C@@H](C(=O)NCC3CC3)O[C@@H]2C1. The molecular weight excluding hydrogens is 268 g/mol. The van der Waals surface area contributed by atoms with Crippen LogP contribution in [-0.4, -0.2) is 62.4 Å². The Morgan fingerprint density at radius 1 is 1.38 bits per heavy atom. The molecule has 21 heavy (non-hydrogen) atoms. The predicted octanol–water partition coefficient (Wildman–Crippen LogP) is 1.03. The highest BCUT2D eigenvalue weighted by atomic mass is 16.5. The lowest BCUT2D eigenvalue weighted by molar-refractivity contribution is -0.132. The molecule has 1 saturated carbocycles. The smallest absolute Gasteiger partial charge is 0.249 e. The first-order chi connectivity index (χ1) is 10.3. The Kier molecular flexibility index (Phi) is 5.14. The summed E-state index contributed by atoms with van der Waals surface area (Å²) in [6.45, 7) is 7.46. The van der Waals surface area contributed by atoms with E-state index in [1.54, 1.807) is 0 Å². The Bertz CT molecular complexity index is 359. The van der Waals surface area contributed by atoms with Gasteiger partial charge in [-0.05, 0) is 51.0 Å². The highest BCUT2D eigenvalue weighted by molar-refractivity contribution is 5.81. The summed E-state index contributed by atoms with van der Waals surface area (Å²) in [6.07, 6.45) is 4.60. The molecule has 2 heterocycles. The minimum atomic E-state index is -0.217. The van der Waals surface area contributed by atoms with Crippen molar-refractivity contribution in [1.29, 1.82) is 0 Å². The molecular formula is C16H28N2O3. The van der Waals surface area contributed by atoms with Crippen LogP contribution < -0.4 is 5.32 Å². The molecule has 0 bridgehead atoms. The molecule has 3 atom stereocenters. The summed E-state index contributed by atoms with van der Waals surface area (Å²) < 4.78 is 11.4. The zero-order valence-corrected chi connectivity index (χ0v) is 13.1. The first-order valence-electron chi connectivity index (χ1n) is 8.49. The third kappa shape index (κ3) is 4.18. The summed E-state index contributed by atoms with van der Waals surface area (Å²) >= 11 is 0. The van der Waals surface area contributed by atoms with Gasteiger partial charge in [0.25, 0.3) is 0 Å². The second-order valence-electron chi connectivity index (χ2n) is 6.63. The molecule has 0 radical (unpaired) electrons. The van der Waals surface area contributed by atoms with Crippen LogP contribution in [0.4, 0.5) is 0 Å². The maximum Gasteiger partial charge on any atom is 0.249 e. The van der Waals surface area contributed by atoms with Crippen molar-refractivity contribution >= 4 is 5.91 Å². The molecule has 0 spiro atoms. The lowest BCUT2D eigenvalue weighted by Gasteiger charge is -2.33. The molecule has 3 aliphatic rings. The molecule has 5 nitrogen and oxygen atoms in total. The molecule has 3 fully saturated rings. The van der Waals surface area contributed by atoms with Crippen molar-refractivity contribution in [2.45, 2.75) is 44.8 Å². The lowest BCUT2D eigenvalue weighted by atomic mass is 9.91. The van der Waals surface area contributed by atoms with Crippen LogP contribution in [0.15, 0.2) is 0 Å². The first kappa shape index (κ1) is 15.3. The molecule has 0 aromatic carbocycles. The van der Waals surface area contributed by atoms with Gasteiger partial charge in [0.05, 0.1) is 12.7 Å². The standard InChI is InChI=1S/C16H28N2O3/c1-2-20-8-7-18-6-5-13-9-14(21-15(13)11-18)16(19)17-10-12-3-4-12/h12-15H,2-11H2,1H3,(H,17,19)/t13-,14+,15-/m1/s1. The summed E-state index contributed by atoms with van der Waals surface area (Å²) in [5.74, 6) is 1.40. The summed E-state index contributed by atoms with van der Waals surface area (Å²) in [4.78, 5) is 14.5. The van der Waals surface area contributed by atoms with Crippen LogP contribution in [0.5, 0.6) is 0 Å².